The highest BCUT2D eigenvalue weighted by Gasteiger charge is 2.49. The summed E-state index contributed by atoms with van der Waals surface area (Å²) in [5.41, 5.74) is 0.718. The molecular formula is C18H20N4O. The highest BCUT2D eigenvalue weighted by atomic mass is 16.2. The number of nitrogens with zero attached hydrogens (tertiary/aromatic N) is 4. The molecule has 1 amide bonds. The average Bonchev–Trinajstić information content (AvgIpc) is 2.93. The van der Waals surface area contributed by atoms with Gasteiger partial charge in [0.15, 0.2) is 0 Å². The maximum Gasteiger partial charge on any atom is 0.235 e. The molecule has 0 bridgehead atoms. The summed E-state index contributed by atoms with van der Waals surface area (Å²) in [5.74, 6) is 0.988. The molecule has 3 heterocycles. The minimum Gasteiger partial charge on any atom is -0.340 e. The second-order valence-electron chi connectivity index (χ2n) is 6.40. The van der Waals surface area contributed by atoms with E-state index in [0.717, 1.165) is 50.5 Å². The SMILES string of the molecule is O=C1N(c2ccccc2)CC[C@@]12CCCN(c1ncccn1)C2. The van der Waals surface area contributed by atoms with Crippen LogP contribution in [0.25, 0.3) is 0 Å². The van der Waals surface area contributed by atoms with Crippen molar-refractivity contribution in [3.8, 4) is 0 Å². The summed E-state index contributed by atoms with van der Waals surface area (Å²) in [6.07, 6.45) is 6.39. The molecule has 118 valence electrons. The van der Waals surface area contributed by atoms with Crippen molar-refractivity contribution in [3.05, 3.63) is 48.8 Å². The number of anilines is 2. The van der Waals surface area contributed by atoms with Gasteiger partial charge in [0.05, 0.1) is 5.41 Å². The lowest BCUT2D eigenvalue weighted by Gasteiger charge is -2.39. The Morgan fingerprint density at radius 1 is 0.957 bits per heavy atom. The zero-order valence-electron chi connectivity index (χ0n) is 13.1. The van der Waals surface area contributed by atoms with Crippen LogP contribution < -0.4 is 9.80 Å². The average molecular weight is 308 g/mol. The standard InChI is InChI=1S/C18H20N4O/c23-16-18(9-13-22(16)15-6-2-1-3-7-15)8-4-12-21(14-18)17-19-10-5-11-20-17/h1-3,5-7,10-11H,4,8-9,12-14H2/t18-/m1/s1. The lowest BCUT2D eigenvalue weighted by atomic mass is 9.78. The van der Waals surface area contributed by atoms with Gasteiger partial charge in [-0.05, 0) is 37.5 Å². The maximum atomic E-state index is 13.1. The molecule has 2 saturated heterocycles. The Kier molecular flexibility index (Phi) is 3.48. The van der Waals surface area contributed by atoms with Gasteiger partial charge >= 0.3 is 0 Å². The van der Waals surface area contributed by atoms with Crippen molar-refractivity contribution in [3.63, 3.8) is 0 Å². The maximum absolute atomic E-state index is 13.1. The van der Waals surface area contributed by atoms with Gasteiger partial charge in [0.1, 0.15) is 0 Å². The number of hydrogen-bond acceptors (Lipinski definition) is 4. The molecule has 2 aliphatic rings. The molecule has 0 aliphatic carbocycles. The third-order valence-electron chi connectivity index (χ3n) is 4.99. The Hall–Kier alpha value is -2.43. The number of carbonyl (C=O) groups is 1. The van der Waals surface area contributed by atoms with Crippen molar-refractivity contribution >= 4 is 17.5 Å². The van der Waals surface area contributed by atoms with Gasteiger partial charge in [-0.1, -0.05) is 18.2 Å². The third kappa shape index (κ3) is 2.46. The van der Waals surface area contributed by atoms with Crippen molar-refractivity contribution in [1.82, 2.24) is 9.97 Å². The molecule has 5 heteroatoms. The number of para-hydroxylation sites is 1. The smallest absolute Gasteiger partial charge is 0.235 e. The van der Waals surface area contributed by atoms with E-state index in [-0.39, 0.29) is 11.3 Å². The van der Waals surface area contributed by atoms with Gasteiger partial charge in [-0.25, -0.2) is 9.97 Å². The number of piperidine rings is 1. The molecule has 2 aliphatic heterocycles. The first kappa shape index (κ1) is 14.2. The van der Waals surface area contributed by atoms with Crippen LogP contribution in [-0.4, -0.2) is 35.5 Å². The lowest BCUT2D eigenvalue weighted by Crippen LogP contribution is -2.48. The van der Waals surface area contributed by atoms with Gasteiger partial charge in [-0.3, -0.25) is 4.79 Å². The first-order valence-electron chi connectivity index (χ1n) is 8.18. The van der Waals surface area contributed by atoms with Gasteiger partial charge in [0.2, 0.25) is 11.9 Å². The number of rotatable bonds is 2. The zero-order chi connectivity index (χ0) is 15.7. The fourth-order valence-electron chi connectivity index (χ4n) is 3.81. The quantitative estimate of drug-likeness (QED) is 0.855. The molecule has 2 fully saturated rings. The van der Waals surface area contributed by atoms with E-state index in [0.29, 0.717) is 0 Å². The summed E-state index contributed by atoms with van der Waals surface area (Å²) >= 11 is 0. The molecule has 0 unspecified atom stereocenters. The molecule has 1 atom stereocenters. The molecular weight excluding hydrogens is 288 g/mol. The summed E-state index contributed by atoms with van der Waals surface area (Å²) in [5, 5.41) is 0. The van der Waals surface area contributed by atoms with Crippen LogP contribution in [0.2, 0.25) is 0 Å². The van der Waals surface area contributed by atoms with E-state index < -0.39 is 0 Å². The van der Waals surface area contributed by atoms with Crippen LogP contribution in [-0.2, 0) is 4.79 Å². The lowest BCUT2D eigenvalue weighted by molar-refractivity contribution is -0.126. The van der Waals surface area contributed by atoms with Crippen molar-refractivity contribution in [2.24, 2.45) is 5.41 Å². The Morgan fingerprint density at radius 2 is 1.74 bits per heavy atom. The van der Waals surface area contributed by atoms with Gasteiger partial charge < -0.3 is 9.80 Å². The van der Waals surface area contributed by atoms with E-state index in [1.54, 1.807) is 12.4 Å². The molecule has 23 heavy (non-hydrogen) atoms. The van der Waals surface area contributed by atoms with Gasteiger partial charge in [0, 0.05) is 37.7 Å². The van der Waals surface area contributed by atoms with Crippen molar-refractivity contribution in [2.75, 3.05) is 29.4 Å². The van der Waals surface area contributed by atoms with Crippen LogP contribution >= 0.6 is 0 Å². The number of carbonyl (C=O) groups excluding carboxylic acids is 1. The van der Waals surface area contributed by atoms with E-state index in [4.69, 9.17) is 0 Å². The second-order valence-corrected chi connectivity index (χ2v) is 6.40. The van der Waals surface area contributed by atoms with Gasteiger partial charge in [-0.2, -0.15) is 0 Å². The Balaban J connectivity index is 1.58. The predicted octanol–water partition coefficient (Wildman–Crippen LogP) is 2.50. The number of hydrogen-bond donors (Lipinski definition) is 0. The summed E-state index contributed by atoms with van der Waals surface area (Å²) in [6, 6.07) is 11.8. The molecule has 1 aromatic heterocycles. The van der Waals surface area contributed by atoms with Crippen LogP contribution in [0.3, 0.4) is 0 Å². The number of amides is 1. The topological polar surface area (TPSA) is 49.3 Å². The fraction of sp³-hybridized carbons (Fsp3) is 0.389. The van der Waals surface area contributed by atoms with E-state index in [2.05, 4.69) is 14.9 Å². The van der Waals surface area contributed by atoms with Crippen LogP contribution in [0.15, 0.2) is 48.8 Å². The van der Waals surface area contributed by atoms with E-state index in [1.165, 1.54) is 0 Å². The summed E-state index contributed by atoms with van der Waals surface area (Å²) in [6.45, 7) is 2.44. The van der Waals surface area contributed by atoms with Crippen LogP contribution in [0, 0.1) is 5.41 Å². The molecule has 2 aromatic rings. The van der Waals surface area contributed by atoms with E-state index >= 15 is 0 Å². The number of benzene rings is 1. The highest BCUT2D eigenvalue weighted by Crippen LogP contribution is 2.42. The molecule has 1 spiro atoms. The minimum absolute atomic E-state index is 0.254. The van der Waals surface area contributed by atoms with Gasteiger partial charge in [0.25, 0.3) is 0 Å². The monoisotopic (exact) mass is 308 g/mol. The Labute approximate surface area is 136 Å². The first-order valence-corrected chi connectivity index (χ1v) is 8.18. The zero-order valence-corrected chi connectivity index (χ0v) is 13.1. The third-order valence-corrected chi connectivity index (χ3v) is 4.99. The first-order chi connectivity index (χ1) is 11.3. The molecule has 5 nitrogen and oxygen atoms in total. The molecule has 1 aromatic carbocycles. The van der Waals surface area contributed by atoms with Crippen molar-refractivity contribution in [2.45, 2.75) is 19.3 Å². The summed E-state index contributed by atoms with van der Waals surface area (Å²) in [7, 11) is 0. The predicted molar refractivity (Wildman–Crippen MR) is 89.3 cm³/mol. The largest absolute Gasteiger partial charge is 0.340 e. The highest BCUT2D eigenvalue weighted by molar-refractivity contribution is 6.00. The Bertz CT molecular complexity index is 691. The van der Waals surface area contributed by atoms with Crippen molar-refractivity contribution in [1.29, 1.82) is 0 Å². The van der Waals surface area contributed by atoms with Gasteiger partial charge in [-0.15, -0.1) is 0 Å². The Morgan fingerprint density at radius 3 is 2.52 bits per heavy atom. The minimum atomic E-state index is -0.284. The van der Waals surface area contributed by atoms with Crippen molar-refractivity contribution < 1.29 is 4.79 Å². The van der Waals surface area contributed by atoms with E-state index in [1.807, 2.05) is 41.3 Å². The molecule has 0 saturated carbocycles. The van der Waals surface area contributed by atoms with Crippen LogP contribution in [0.5, 0.6) is 0 Å². The summed E-state index contributed by atoms with van der Waals surface area (Å²) < 4.78 is 0. The second kappa shape index (κ2) is 5.65. The fourth-order valence-corrected chi connectivity index (χ4v) is 3.81. The normalized spacial score (nSPS) is 24.4. The number of aromatic nitrogens is 2. The molecule has 0 radical (unpaired) electrons. The molecule has 4 rings (SSSR count). The summed E-state index contributed by atoms with van der Waals surface area (Å²) in [4.78, 5) is 25.9. The van der Waals surface area contributed by atoms with E-state index in [9.17, 15) is 4.79 Å². The molecule has 0 N–H and O–H groups in total. The van der Waals surface area contributed by atoms with Crippen LogP contribution in [0.4, 0.5) is 11.6 Å². The van der Waals surface area contributed by atoms with Crippen LogP contribution in [0.1, 0.15) is 19.3 Å².